The van der Waals surface area contributed by atoms with Gasteiger partial charge < -0.3 is 75.9 Å². The van der Waals surface area contributed by atoms with Crippen molar-refractivity contribution in [2.75, 3.05) is 88.7 Å². The van der Waals surface area contributed by atoms with E-state index in [1.807, 2.05) is 108 Å². The van der Waals surface area contributed by atoms with Crippen LogP contribution < -0.4 is 31.9 Å². The number of hydrogen-bond donors (Lipinski definition) is 7. The lowest BCUT2D eigenvalue weighted by atomic mass is 9.78. The Hall–Kier alpha value is -7.79. The summed E-state index contributed by atoms with van der Waals surface area (Å²) in [5.74, 6) is -5.59. The number of nitrogens with one attached hydrogen (secondary N) is 6. The van der Waals surface area contributed by atoms with Crippen molar-refractivity contribution >= 4 is 76.9 Å². The van der Waals surface area contributed by atoms with Crippen molar-refractivity contribution < 1.29 is 76.9 Å². The molecule has 12 amide bonds. The van der Waals surface area contributed by atoms with Crippen LogP contribution in [0.3, 0.4) is 0 Å². The fraction of sp³-hybridized carbons (Fsp3) is 0.791. The monoisotopic (exact) mass is 1690 g/mol. The number of ether oxygens (including phenoxy) is 2. The number of likely N-dealkylation sites (tertiary alicyclic amines) is 3. The van der Waals surface area contributed by atoms with E-state index in [1.54, 1.807) is 71.9 Å². The Kier molecular flexibility index (Phi) is 44.0. The molecule has 120 heavy (non-hydrogen) atoms. The first kappa shape index (κ1) is 103. The van der Waals surface area contributed by atoms with Gasteiger partial charge in [-0.15, -0.1) is 0 Å². The SMILES string of the molecule is CCC(C)[C@@H]([C@@H](CC(=O)N1CCCC1[C@H](OC)[C@@H](C)C(=O)N[C@@H](Cc1ccccc1)C(=O)O)OC)N(C)C(=O)[C@@H](NC(=O)[C@H](C(C)C)N(C)C(=O)CCCC(=O)NCCCCC1CCC(CCCCNC(=O)CCCCNC(=O)C2CCCN2C(=O)C2CCCN2C(=O)C(C(C)C)N(C)C(=O)C(NC(=O)C(C(C)C)N(C)C)C(C)C)CC1)C(C)C. The van der Waals surface area contributed by atoms with Gasteiger partial charge in [-0.2, -0.15) is 0 Å². The third-order valence-corrected chi connectivity index (χ3v) is 25.7. The van der Waals surface area contributed by atoms with E-state index in [0.29, 0.717) is 122 Å². The van der Waals surface area contributed by atoms with Gasteiger partial charge in [0.2, 0.25) is 70.9 Å². The van der Waals surface area contributed by atoms with Crippen molar-refractivity contribution in [1.82, 2.24) is 66.2 Å². The molecule has 3 aliphatic heterocycles. The standard InChI is InChI=1S/C91H155N13O16/c1-21-62(12)81(71(119-19)56-75(108)102-52-32-39-68(102)82(120-20)63(13)83(109)95-67(91(117)118)55-66-37-23-22-24-38-66)101(18)89(115)77(58(4)5)97-86(112)79(60(8)9)99(16)74(107)44-31-43-73(106)93-50-29-26-36-65-47-45-64(46-48-65)35-25-28-49-92-72(105)42-27-30-51-94-84(110)69-40-33-53-103(69)87(113)70-41-34-54-104(70)90(116)80(61(10)11)100(17)88(114)76(57(2)3)96-85(111)78(59(6)7)98(14)15/h22-24,37-38,57-65,67-71,76-82H,21,25-36,39-56H2,1-20H3,(H,92,105)(H,93,106)(H,94,110)(H,95,109)(H,96,111)(H,97,112)(H,117,118)/t62?,63-,64?,65?,67+,68?,69?,70?,71-,76?,77+,78?,79+,80?,81+,82-/m1/s1. The van der Waals surface area contributed by atoms with Gasteiger partial charge in [-0.25, -0.2) is 4.79 Å². The average molecular weight is 1690 g/mol. The van der Waals surface area contributed by atoms with E-state index >= 15 is 0 Å². The molecule has 0 spiro atoms. The van der Waals surface area contributed by atoms with Gasteiger partial charge in [0, 0.05) is 100 Å². The number of carbonyl (C=O) groups is 13. The molecule has 0 radical (unpaired) electrons. The summed E-state index contributed by atoms with van der Waals surface area (Å²) in [7, 11) is 11.5. The van der Waals surface area contributed by atoms with Crippen LogP contribution in [0.4, 0.5) is 0 Å². The predicted molar refractivity (Wildman–Crippen MR) is 464 cm³/mol. The van der Waals surface area contributed by atoms with E-state index in [0.717, 1.165) is 44.1 Å². The number of aliphatic carboxylic acids is 1. The van der Waals surface area contributed by atoms with Crippen molar-refractivity contribution in [3.8, 4) is 0 Å². The van der Waals surface area contributed by atoms with E-state index in [2.05, 4.69) is 31.9 Å². The summed E-state index contributed by atoms with van der Waals surface area (Å²) >= 11 is 0. The Balaban J connectivity index is 0.946. The molecule has 1 aliphatic carbocycles. The lowest BCUT2D eigenvalue weighted by molar-refractivity contribution is -0.153. The maximum Gasteiger partial charge on any atom is 0.326 e. The summed E-state index contributed by atoms with van der Waals surface area (Å²) in [6.07, 6.45) is 15.4. The molecule has 14 atom stereocenters. The number of amides is 12. The third kappa shape index (κ3) is 30.3. The third-order valence-electron chi connectivity index (χ3n) is 25.7. The highest BCUT2D eigenvalue weighted by atomic mass is 16.5. The van der Waals surface area contributed by atoms with Gasteiger partial charge >= 0.3 is 5.97 Å². The zero-order valence-corrected chi connectivity index (χ0v) is 76.6. The Bertz CT molecular complexity index is 3440. The lowest BCUT2D eigenvalue weighted by Gasteiger charge is -2.41. The molecule has 0 aromatic heterocycles. The highest BCUT2D eigenvalue weighted by Gasteiger charge is 2.48. The first-order valence-electron chi connectivity index (χ1n) is 45.2. The number of carboxylic acid groups (broad SMARTS) is 1. The van der Waals surface area contributed by atoms with Gasteiger partial charge in [0.05, 0.1) is 42.7 Å². The van der Waals surface area contributed by atoms with E-state index in [9.17, 15) is 67.4 Å². The van der Waals surface area contributed by atoms with Crippen LogP contribution in [0.5, 0.6) is 0 Å². The zero-order valence-electron chi connectivity index (χ0n) is 76.6. The lowest BCUT2D eigenvalue weighted by Crippen LogP contribution is -2.61. The number of carboxylic acids is 1. The highest BCUT2D eigenvalue weighted by Crippen LogP contribution is 2.36. The second-order valence-corrected chi connectivity index (χ2v) is 36.7. The van der Waals surface area contributed by atoms with Crippen LogP contribution in [0.2, 0.25) is 0 Å². The number of carbonyl (C=O) groups excluding carboxylic acids is 12. The summed E-state index contributed by atoms with van der Waals surface area (Å²) < 4.78 is 12.0. The number of methoxy groups -OCH3 is 2. The molecule has 4 aliphatic rings. The van der Waals surface area contributed by atoms with Crippen molar-refractivity contribution in [3.63, 3.8) is 0 Å². The van der Waals surface area contributed by atoms with E-state index in [1.165, 1.54) is 49.7 Å². The fourth-order valence-corrected chi connectivity index (χ4v) is 18.7. The maximum absolute atomic E-state index is 14.8. The molecule has 1 aromatic carbocycles. The molecule has 3 saturated heterocycles. The summed E-state index contributed by atoms with van der Waals surface area (Å²) in [5.41, 5.74) is 0.756. The van der Waals surface area contributed by atoms with Gasteiger partial charge in [-0.1, -0.05) is 178 Å². The number of hydrogen-bond acceptors (Lipinski definition) is 16. The van der Waals surface area contributed by atoms with Crippen LogP contribution in [0.1, 0.15) is 250 Å². The van der Waals surface area contributed by atoms with Crippen molar-refractivity contribution in [3.05, 3.63) is 35.9 Å². The maximum atomic E-state index is 14.8. The van der Waals surface area contributed by atoms with E-state index < -0.39 is 96.3 Å². The number of unbranched alkanes of at least 4 members (excludes halogenated alkanes) is 3. The van der Waals surface area contributed by atoms with Gasteiger partial charge in [-0.3, -0.25) is 62.4 Å². The fourth-order valence-electron chi connectivity index (χ4n) is 18.7. The smallest absolute Gasteiger partial charge is 0.326 e. The summed E-state index contributed by atoms with van der Waals surface area (Å²) in [6.45, 7) is 27.1. The number of benzene rings is 1. The number of nitrogens with zero attached hydrogens (tertiary/aromatic N) is 7. The minimum Gasteiger partial charge on any atom is -0.480 e. The predicted octanol–water partition coefficient (Wildman–Crippen LogP) is 8.37. The zero-order chi connectivity index (χ0) is 89.4. The Labute approximate surface area is 717 Å². The molecular formula is C91H155N13O16. The minimum atomic E-state index is -1.18. The normalized spacial score (nSPS) is 20.3. The van der Waals surface area contributed by atoms with Gasteiger partial charge in [0.25, 0.3) is 0 Å². The topological polar surface area (TPSA) is 355 Å². The molecule has 7 unspecified atom stereocenters. The minimum absolute atomic E-state index is 0.00197. The summed E-state index contributed by atoms with van der Waals surface area (Å²) in [4.78, 5) is 191. The number of rotatable bonds is 51. The molecule has 0 bridgehead atoms. The van der Waals surface area contributed by atoms with Crippen molar-refractivity contribution in [2.45, 2.75) is 323 Å². The van der Waals surface area contributed by atoms with E-state index in [-0.39, 0.29) is 120 Å². The first-order valence-corrected chi connectivity index (χ1v) is 45.2. The molecule has 7 N–H and O–H groups in total. The molecule has 29 nitrogen and oxygen atoms in total. The molecule has 1 saturated carbocycles. The second kappa shape index (κ2) is 51.3. The number of likely N-dealkylation sites (N-methyl/N-ethyl adjacent to an activating group) is 4. The van der Waals surface area contributed by atoms with Gasteiger partial charge in [0.15, 0.2) is 0 Å². The molecule has 5 rings (SSSR count). The molecule has 4 fully saturated rings. The largest absolute Gasteiger partial charge is 0.480 e. The Morgan fingerprint density at radius 3 is 1.50 bits per heavy atom. The molecule has 1 aromatic rings. The molecule has 680 valence electrons. The molecule has 3 heterocycles. The Morgan fingerprint density at radius 1 is 0.500 bits per heavy atom. The van der Waals surface area contributed by atoms with Crippen LogP contribution in [0, 0.1) is 53.3 Å². The van der Waals surface area contributed by atoms with Crippen LogP contribution in [-0.2, 0) is 78.2 Å². The van der Waals surface area contributed by atoms with Gasteiger partial charge in [0.1, 0.15) is 42.3 Å². The van der Waals surface area contributed by atoms with E-state index in [4.69, 9.17) is 9.47 Å². The Morgan fingerprint density at radius 2 is 0.992 bits per heavy atom. The van der Waals surface area contributed by atoms with Gasteiger partial charge in [-0.05, 0) is 138 Å². The van der Waals surface area contributed by atoms with Crippen molar-refractivity contribution in [2.24, 2.45) is 53.3 Å². The molecular weight excluding hydrogens is 1530 g/mol. The highest BCUT2D eigenvalue weighted by molar-refractivity contribution is 5.97. The molecule has 29 heteroatoms. The summed E-state index contributed by atoms with van der Waals surface area (Å²) in [6, 6.07) is 1.21. The van der Waals surface area contributed by atoms with Crippen molar-refractivity contribution in [1.29, 1.82) is 0 Å². The van der Waals surface area contributed by atoms with Crippen LogP contribution >= 0.6 is 0 Å². The summed E-state index contributed by atoms with van der Waals surface area (Å²) in [5, 5.41) is 27.8. The first-order chi connectivity index (χ1) is 56.8. The van der Waals surface area contributed by atoms with Crippen LogP contribution in [0.25, 0.3) is 0 Å². The van der Waals surface area contributed by atoms with Crippen LogP contribution in [-0.4, -0.2) is 278 Å². The average Bonchev–Trinajstić information content (AvgIpc) is 1.47. The quantitative estimate of drug-likeness (QED) is 0.0301. The van der Waals surface area contributed by atoms with Crippen LogP contribution in [0.15, 0.2) is 30.3 Å². The second-order valence-electron chi connectivity index (χ2n) is 36.7.